The predicted octanol–water partition coefficient (Wildman–Crippen LogP) is 3.44. The number of rotatable bonds is 5. The maximum atomic E-state index is 12.7. The molecule has 1 aromatic carbocycles. The molecule has 5 heteroatoms. The standard InChI is InChI=1S/C19H27BrN2O2/c1-22(9-10-24-17-7-5-16(20)6-8-17)19(23)15-11-13-3-2-4-14(12-15)18(13)21/h5-8,13-15,18H,2-4,9-12,21H2,1H3. The number of amides is 1. The van der Waals surface area contributed by atoms with Crippen LogP contribution in [0, 0.1) is 17.8 Å². The third-order valence-electron chi connectivity index (χ3n) is 5.65. The Balaban J connectivity index is 1.47. The van der Waals surface area contributed by atoms with Gasteiger partial charge in [-0.1, -0.05) is 22.4 Å². The van der Waals surface area contributed by atoms with Gasteiger partial charge in [-0.25, -0.2) is 0 Å². The lowest BCUT2D eigenvalue weighted by Gasteiger charge is -2.44. The van der Waals surface area contributed by atoms with Crippen LogP contribution in [0.4, 0.5) is 0 Å². The number of fused-ring (bicyclic) bond motifs is 2. The van der Waals surface area contributed by atoms with Gasteiger partial charge in [0.15, 0.2) is 0 Å². The van der Waals surface area contributed by atoms with Crippen LogP contribution in [0.15, 0.2) is 28.7 Å². The van der Waals surface area contributed by atoms with Gasteiger partial charge in [0.05, 0.1) is 6.54 Å². The lowest BCUT2D eigenvalue weighted by molar-refractivity contribution is -0.137. The summed E-state index contributed by atoms with van der Waals surface area (Å²) in [6.45, 7) is 1.13. The van der Waals surface area contributed by atoms with Crippen LogP contribution < -0.4 is 10.5 Å². The second-order valence-corrected chi connectivity index (χ2v) is 8.17. The fourth-order valence-electron chi connectivity index (χ4n) is 4.24. The minimum atomic E-state index is 0.151. The molecule has 132 valence electrons. The van der Waals surface area contributed by atoms with E-state index in [1.807, 2.05) is 36.2 Å². The highest BCUT2D eigenvalue weighted by Crippen LogP contribution is 2.42. The normalized spacial score (nSPS) is 29.1. The number of nitrogens with two attached hydrogens (primary N) is 1. The highest BCUT2D eigenvalue weighted by Gasteiger charge is 2.41. The zero-order valence-corrected chi connectivity index (χ0v) is 15.9. The molecule has 2 bridgehead atoms. The molecule has 2 unspecified atom stereocenters. The first-order chi connectivity index (χ1) is 11.5. The summed E-state index contributed by atoms with van der Waals surface area (Å²) >= 11 is 3.41. The van der Waals surface area contributed by atoms with Gasteiger partial charge in [-0.2, -0.15) is 0 Å². The van der Waals surface area contributed by atoms with Crippen LogP contribution in [0.1, 0.15) is 32.1 Å². The van der Waals surface area contributed by atoms with E-state index in [9.17, 15) is 4.79 Å². The van der Waals surface area contributed by atoms with Crippen LogP contribution in [0.25, 0.3) is 0 Å². The molecule has 2 atom stereocenters. The molecule has 0 radical (unpaired) electrons. The van der Waals surface area contributed by atoms with E-state index in [-0.39, 0.29) is 11.8 Å². The molecule has 0 saturated heterocycles. The fraction of sp³-hybridized carbons (Fsp3) is 0.632. The van der Waals surface area contributed by atoms with Crippen molar-refractivity contribution in [1.82, 2.24) is 4.90 Å². The minimum Gasteiger partial charge on any atom is -0.492 e. The van der Waals surface area contributed by atoms with E-state index in [1.54, 1.807) is 0 Å². The molecule has 2 fully saturated rings. The van der Waals surface area contributed by atoms with Crippen molar-refractivity contribution in [1.29, 1.82) is 0 Å². The van der Waals surface area contributed by atoms with Gasteiger partial charge in [-0.05, 0) is 61.8 Å². The third kappa shape index (κ3) is 4.12. The molecule has 2 saturated carbocycles. The van der Waals surface area contributed by atoms with Gasteiger partial charge in [-0.3, -0.25) is 4.79 Å². The Kier molecular flexibility index (Phi) is 5.82. The van der Waals surface area contributed by atoms with E-state index >= 15 is 0 Å². The molecule has 0 spiro atoms. The van der Waals surface area contributed by atoms with Crippen molar-refractivity contribution >= 4 is 21.8 Å². The van der Waals surface area contributed by atoms with Gasteiger partial charge in [0, 0.05) is 23.5 Å². The summed E-state index contributed by atoms with van der Waals surface area (Å²) in [6, 6.07) is 8.07. The summed E-state index contributed by atoms with van der Waals surface area (Å²) in [5, 5.41) is 0. The molecule has 0 aromatic heterocycles. The highest BCUT2D eigenvalue weighted by atomic mass is 79.9. The van der Waals surface area contributed by atoms with Crippen molar-refractivity contribution in [2.24, 2.45) is 23.5 Å². The van der Waals surface area contributed by atoms with Crippen molar-refractivity contribution in [3.05, 3.63) is 28.7 Å². The van der Waals surface area contributed by atoms with Crippen molar-refractivity contribution in [2.75, 3.05) is 20.2 Å². The van der Waals surface area contributed by atoms with Gasteiger partial charge < -0.3 is 15.4 Å². The maximum Gasteiger partial charge on any atom is 0.225 e. The molecule has 24 heavy (non-hydrogen) atoms. The van der Waals surface area contributed by atoms with Gasteiger partial charge in [-0.15, -0.1) is 0 Å². The first kappa shape index (κ1) is 17.7. The molecule has 4 nitrogen and oxygen atoms in total. The van der Waals surface area contributed by atoms with Crippen LogP contribution in [0.3, 0.4) is 0 Å². The Morgan fingerprint density at radius 1 is 1.25 bits per heavy atom. The summed E-state index contributed by atoms with van der Waals surface area (Å²) in [7, 11) is 1.89. The number of hydrogen-bond acceptors (Lipinski definition) is 3. The number of likely N-dealkylation sites (N-methyl/N-ethyl adjacent to an activating group) is 1. The van der Waals surface area contributed by atoms with E-state index in [0.717, 1.165) is 23.1 Å². The summed E-state index contributed by atoms with van der Waals surface area (Å²) in [4.78, 5) is 14.6. The SMILES string of the molecule is CN(CCOc1ccc(Br)cc1)C(=O)C1CC2CCCC(C1)C2N. The lowest BCUT2D eigenvalue weighted by atomic mass is 9.65. The van der Waals surface area contributed by atoms with Gasteiger partial charge in [0.25, 0.3) is 0 Å². The summed E-state index contributed by atoms with van der Waals surface area (Å²) in [5.74, 6) is 2.32. The van der Waals surface area contributed by atoms with E-state index in [2.05, 4.69) is 15.9 Å². The molecule has 0 aliphatic heterocycles. The molecule has 3 rings (SSSR count). The second-order valence-electron chi connectivity index (χ2n) is 7.26. The lowest BCUT2D eigenvalue weighted by Crippen LogP contribution is -2.49. The Morgan fingerprint density at radius 3 is 2.50 bits per heavy atom. The zero-order chi connectivity index (χ0) is 17.1. The summed E-state index contributed by atoms with van der Waals surface area (Å²) in [6.07, 6.45) is 5.60. The van der Waals surface area contributed by atoms with Crippen LogP contribution in [0.5, 0.6) is 5.75 Å². The smallest absolute Gasteiger partial charge is 0.225 e. The Labute approximate surface area is 152 Å². The molecule has 2 aliphatic rings. The van der Waals surface area contributed by atoms with E-state index < -0.39 is 0 Å². The minimum absolute atomic E-state index is 0.151. The molecule has 0 heterocycles. The number of carbonyl (C=O) groups excluding carboxylic acids is 1. The number of benzene rings is 1. The molecule has 2 N–H and O–H groups in total. The van der Waals surface area contributed by atoms with E-state index in [4.69, 9.17) is 10.5 Å². The first-order valence-corrected chi connectivity index (χ1v) is 9.73. The van der Waals surface area contributed by atoms with Gasteiger partial charge in [0.1, 0.15) is 12.4 Å². The van der Waals surface area contributed by atoms with E-state index in [1.165, 1.54) is 19.3 Å². The maximum absolute atomic E-state index is 12.7. The number of nitrogens with zero attached hydrogens (tertiary/aromatic N) is 1. The van der Waals surface area contributed by atoms with Crippen LogP contribution in [-0.4, -0.2) is 37.0 Å². The fourth-order valence-corrected chi connectivity index (χ4v) is 4.51. The number of hydrogen-bond donors (Lipinski definition) is 1. The Bertz CT molecular complexity index is 549. The summed E-state index contributed by atoms with van der Waals surface area (Å²) < 4.78 is 6.76. The van der Waals surface area contributed by atoms with Gasteiger partial charge >= 0.3 is 0 Å². The van der Waals surface area contributed by atoms with E-state index in [0.29, 0.717) is 31.0 Å². The Morgan fingerprint density at radius 2 is 1.88 bits per heavy atom. The van der Waals surface area contributed by atoms with Crippen LogP contribution in [0.2, 0.25) is 0 Å². The first-order valence-electron chi connectivity index (χ1n) is 8.93. The predicted molar refractivity (Wildman–Crippen MR) is 98.8 cm³/mol. The number of carbonyl (C=O) groups is 1. The van der Waals surface area contributed by atoms with Crippen LogP contribution >= 0.6 is 15.9 Å². The monoisotopic (exact) mass is 394 g/mol. The highest BCUT2D eigenvalue weighted by molar-refractivity contribution is 9.10. The quantitative estimate of drug-likeness (QED) is 0.831. The molecule has 1 aromatic rings. The third-order valence-corrected chi connectivity index (χ3v) is 6.18. The average molecular weight is 395 g/mol. The topological polar surface area (TPSA) is 55.6 Å². The Hall–Kier alpha value is -1.07. The van der Waals surface area contributed by atoms with Gasteiger partial charge in [0.2, 0.25) is 5.91 Å². The second kappa shape index (κ2) is 7.87. The average Bonchev–Trinajstić information content (AvgIpc) is 2.55. The molecular weight excluding hydrogens is 368 g/mol. The van der Waals surface area contributed by atoms with Crippen LogP contribution in [-0.2, 0) is 4.79 Å². The van der Waals surface area contributed by atoms with Crippen molar-refractivity contribution < 1.29 is 9.53 Å². The zero-order valence-electron chi connectivity index (χ0n) is 14.3. The molecule has 2 aliphatic carbocycles. The number of ether oxygens (including phenoxy) is 1. The van der Waals surface area contributed by atoms with Crippen molar-refractivity contribution in [3.8, 4) is 5.75 Å². The van der Waals surface area contributed by atoms with Crippen molar-refractivity contribution in [2.45, 2.75) is 38.1 Å². The largest absolute Gasteiger partial charge is 0.492 e. The summed E-state index contributed by atoms with van der Waals surface area (Å²) in [5.41, 5.74) is 6.33. The number of halogens is 1. The molecular formula is C19H27BrN2O2. The van der Waals surface area contributed by atoms with Crippen molar-refractivity contribution in [3.63, 3.8) is 0 Å². The molecule has 1 amide bonds.